The lowest BCUT2D eigenvalue weighted by Crippen LogP contribution is -2.31. The van der Waals surface area contributed by atoms with E-state index in [9.17, 15) is 9.59 Å². The van der Waals surface area contributed by atoms with Gasteiger partial charge in [-0.2, -0.15) is 0 Å². The van der Waals surface area contributed by atoms with E-state index >= 15 is 0 Å². The van der Waals surface area contributed by atoms with Crippen LogP contribution in [0.2, 0.25) is 19.6 Å². The van der Waals surface area contributed by atoms with E-state index in [2.05, 4.69) is 0 Å². The first-order chi connectivity index (χ1) is 8.31. The quantitative estimate of drug-likeness (QED) is 0.767. The summed E-state index contributed by atoms with van der Waals surface area (Å²) in [7, 11) is -1.91. The Morgan fingerprint density at radius 2 is 1.44 bits per heavy atom. The van der Waals surface area contributed by atoms with Crippen LogP contribution >= 0.6 is 0 Å². The highest BCUT2D eigenvalue weighted by molar-refractivity contribution is 6.70. The summed E-state index contributed by atoms with van der Waals surface area (Å²) in [4.78, 5) is 24.5. The average Bonchev–Trinajstić information content (AvgIpc) is 2.31. The molecular formula is C14H16O3Si. The minimum absolute atomic E-state index is 0.113. The fraction of sp³-hybridized carbons (Fsp3) is 0.286. The third-order valence-corrected chi connectivity index (χ3v) is 3.53. The van der Waals surface area contributed by atoms with Crippen LogP contribution < -0.4 is 0 Å². The third-order valence-electron chi connectivity index (χ3n) is 2.71. The highest BCUT2D eigenvalue weighted by Gasteiger charge is 2.33. The molecule has 0 spiro atoms. The lowest BCUT2D eigenvalue weighted by Gasteiger charge is -2.25. The van der Waals surface area contributed by atoms with Crippen molar-refractivity contribution in [1.29, 1.82) is 0 Å². The number of carbonyl (C=O) groups excluding carboxylic acids is 2. The number of hydrogen-bond donors (Lipinski definition) is 0. The van der Waals surface area contributed by atoms with E-state index in [1.165, 1.54) is 0 Å². The first-order valence-corrected chi connectivity index (χ1v) is 9.30. The van der Waals surface area contributed by atoms with Crippen LogP contribution in [-0.2, 0) is 4.43 Å². The van der Waals surface area contributed by atoms with Gasteiger partial charge in [0.05, 0.1) is 0 Å². The Balaban J connectivity index is 2.53. The van der Waals surface area contributed by atoms with Crippen LogP contribution in [0.15, 0.2) is 35.6 Å². The summed E-state index contributed by atoms with van der Waals surface area (Å²) in [5.74, 6) is -0.0542. The van der Waals surface area contributed by atoms with E-state index in [1.54, 1.807) is 31.2 Å². The highest BCUT2D eigenvalue weighted by Crippen LogP contribution is 2.28. The van der Waals surface area contributed by atoms with E-state index in [1.807, 2.05) is 19.6 Å². The second-order valence-corrected chi connectivity index (χ2v) is 9.80. The van der Waals surface area contributed by atoms with Crippen LogP contribution in [0.5, 0.6) is 0 Å². The fourth-order valence-electron chi connectivity index (χ4n) is 1.91. The largest absolute Gasteiger partial charge is 0.541 e. The van der Waals surface area contributed by atoms with E-state index in [0.717, 1.165) is 0 Å². The van der Waals surface area contributed by atoms with E-state index in [0.29, 0.717) is 16.7 Å². The van der Waals surface area contributed by atoms with Gasteiger partial charge in [0.15, 0.2) is 11.5 Å². The second kappa shape index (κ2) is 4.21. The number of Topliss-reactive ketones (excluding diaryl/α,β-unsaturated/α-hetero) is 2. The van der Waals surface area contributed by atoms with Crippen LogP contribution in [-0.4, -0.2) is 19.9 Å². The van der Waals surface area contributed by atoms with Gasteiger partial charge in [-0.3, -0.25) is 9.59 Å². The summed E-state index contributed by atoms with van der Waals surface area (Å²) in [6.45, 7) is 7.63. The number of ketones is 2. The van der Waals surface area contributed by atoms with Gasteiger partial charge >= 0.3 is 0 Å². The van der Waals surface area contributed by atoms with Crippen molar-refractivity contribution in [3.05, 3.63) is 46.7 Å². The first kappa shape index (κ1) is 12.8. The first-order valence-electron chi connectivity index (χ1n) is 5.89. The maximum atomic E-state index is 12.3. The van der Waals surface area contributed by atoms with Crippen molar-refractivity contribution in [2.45, 2.75) is 26.6 Å². The molecule has 94 valence electrons. The Morgan fingerprint density at radius 1 is 0.944 bits per heavy atom. The molecule has 4 heteroatoms. The van der Waals surface area contributed by atoms with Gasteiger partial charge in [-0.1, -0.05) is 24.3 Å². The van der Waals surface area contributed by atoms with Crippen molar-refractivity contribution in [1.82, 2.24) is 0 Å². The van der Waals surface area contributed by atoms with Crippen LogP contribution in [0.3, 0.4) is 0 Å². The molecule has 0 bridgehead atoms. The van der Waals surface area contributed by atoms with Gasteiger partial charge in [0.1, 0.15) is 0 Å². The number of hydrogen-bond acceptors (Lipinski definition) is 3. The Kier molecular flexibility index (Phi) is 2.98. The molecule has 0 heterocycles. The van der Waals surface area contributed by atoms with Crippen molar-refractivity contribution < 1.29 is 14.0 Å². The Morgan fingerprint density at radius 3 is 1.94 bits per heavy atom. The molecule has 0 aromatic heterocycles. The molecule has 0 saturated heterocycles. The minimum Gasteiger partial charge on any atom is -0.541 e. The second-order valence-electron chi connectivity index (χ2n) is 5.37. The summed E-state index contributed by atoms with van der Waals surface area (Å²) < 4.78 is 5.78. The zero-order valence-electron chi connectivity index (χ0n) is 11.0. The molecule has 0 amide bonds. The summed E-state index contributed by atoms with van der Waals surface area (Å²) in [5.41, 5.74) is 1.34. The molecule has 1 aliphatic rings. The van der Waals surface area contributed by atoms with Gasteiger partial charge in [-0.15, -0.1) is 0 Å². The van der Waals surface area contributed by atoms with Crippen LogP contribution in [0.25, 0.3) is 0 Å². The van der Waals surface area contributed by atoms with E-state index in [4.69, 9.17) is 4.43 Å². The highest BCUT2D eigenvalue weighted by atomic mass is 28.4. The molecule has 0 radical (unpaired) electrons. The predicted molar refractivity (Wildman–Crippen MR) is 72.2 cm³/mol. The molecule has 0 N–H and O–H groups in total. The van der Waals surface area contributed by atoms with Crippen LogP contribution in [0.4, 0.5) is 0 Å². The lowest BCUT2D eigenvalue weighted by molar-refractivity contribution is 0.0935. The standard InChI is InChI=1S/C14H16O3Si/c1-9-12(15)10-7-5-6-8-11(10)13(16)14(9)17-18(2,3)4/h5-8H,1-4H3. The van der Waals surface area contributed by atoms with E-state index < -0.39 is 8.32 Å². The van der Waals surface area contributed by atoms with E-state index in [-0.39, 0.29) is 17.3 Å². The molecule has 2 rings (SSSR count). The molecule has 1 aromatic carbocycles. The van der Waals surface area contributed by atoms with Crippen molar-refractivity contribution >= 4 is 19.9 Å². The van der Waals surface area contributed by atoms with Gasteiger partial charge in [-0.25, -0.2) is 0 Å². The minimum atomic E-state index is -1.91. The molecule has 1 aromatic rings. The third kappa shape index (κ3) is 2.16. The van der Waals surface area contributed by atoms with Crippen molar-refractivity contribution in [3.63, 3.8) is 0 Å². The van der Waals surface area contributed by atoms with Gasteiger partial charge in [0.2, 0.25) is 14.1 Å². The molecule has 1 aliphatic carbocycles. The van der Waals surface area contributed by atoms with Crippen molar-refractivity contribution in [3.8, 4) is 0 Å². The fourth-order valence-corrected chi connectivity index (χ4v) is 2.76. The maximum absolute atomic E-state index is 12.3. The number of benzene rings is 1. The lowest BCUT2D eigenvalue weighted by atomic mass is 9.89. The number of allylic oxidation sites excluding steroid dienone is 2. The normalized spacial score (nSPS) is 15.8. The monoisotopic (exact) mass is 260 g/mol. The van der Waals surface area contributed by atoms with Gasteiger partial charge in [0, 0.05) is 16.7 Å². The molecular weight excluding hydrogens is 244 g/mol. The molecule has 0 aliphatic heterocycles. The molecule has 0 unspecified atom stereocenters. The zero-order chi connectivity index (χ0) is 13.5. The predicted octanol–water partition coefficient (Wildman–Crippen LogP) is 3.19. The number of fused-ring (bicyclic) bond motifs is 1. The molecule has 3 nitrogen and oxygen atoms in total. The van der Waals surface area contributed by atoms with Crippen molar-refractivity contribution in [2.24, 2.45) is 0 Å². The molecule has 0 saturated carbocycles. The number of carbonyl (C=O) groups is 2. The van der Waals surface area contributed by atoms with Crippen LogP contribution in [0, 0.1) is 0 Å². The van der Waals surface area contributed by atoms with Gasteiger partial charge in [0.25, 0.3) is 0 Å². The molecule has 0 fully saturated rings. The van der Waals surface area contributed by atoms with Crippen LogP contribution in [0.1, 0.15) is 27.6 Å². The summed E-state index contributed by atoms with van der Waals surface area (Å²) in [5, 5.41) is 0. The zero-order valence-corrected chi connectivity index (χ0v) is 12.0. The SMILES string of the molecule is CC1=C(O[Si](C)(C)C)C(=O)c2ccccc2C1=O. The van der Waals surface area contributed by atoms with Crippen molar-refractivity contribution in [2.75, 3.05) is 0 Å². The number of rotatable bonds is 2. The van der Waals surface area contributed by atoms with Gasteiger partial charge in [-0.05, 0) is 26.6 Å². The summed E-state index contributed by atoms with van der Waals surface area (Å²) in [6, 6.07) is 6.89. The maximum Gasteiger partial charge on any atom is 0.242 e. The Bertz CT molecular complexity index is 565. The smallest absolute Gasteiger partial charge is 0.242 e. The Hall–Kier alpha value is -1.68. The molecule has 0 atom stereocenters. The van der Waals surface area contributed by atoms with Gasteiger partial charge < -0.3 is 4.43 Å². The topological polar surface area (TPSA) is 43.4 Å². The average molecular weight is 260 g/mol. The summed E-state index contributed by atoms with van der Waals surface area (Å²) >= 11 is 0. The summed E-state index contributed by atoms with van der Waals surface area (Å²) in [6.07, 6.45) is 0. The molecule has 18 heavy (non-hydrogen) atoms. The Labute approximate surface area is 108 Å².